The Hall–Kier alpha value is -3.54. The third-order valence-electron chi connectivity index (χ3n) is 4.11. The molecule has 3 aromatic rings. The summed E-state index contributed by atoms with van der Waals surface area (Å²) >= 11 is 0. The molecule has 0 aromatic heterocycles. The molecule has 3 aromatic carbocycles. The predicted molar refractivity (Wildman–Crippen MR) is 105 cm³/mol. The Labute approximate surface area is 163 Å². The van der Waals surface area contributed by atoms with Gasteiger partial charge < -0.3 is 19.5 Å². The molecule has 0 aliphatic carbocycles. The van der Waals surface area contributed by atoms with Crippen LogP contribution in [0, 0.1) is 0 Å². The molecule has 0 aliphatic rings. The van der Waals surface area contributed by atoms with E-state index in [1.54, 1.807) is 13.2 Å². The number of fused-ring (bicyclic) bond motifs is 1. The van der Waals surface area contributed by atoms with Crippen molar-refractivity contribution in [1.29, 1.82) is 0 Å². The molecule has 0 fully saturated rings. The molecular weight excluding hydrogens is 358 g/mol. The Morgan fingerprint density at radius 2 is 1.64 bits per heavy atom. The Morgan fingerprint density at radius 3 is 2.46 bits per heavy atom. The average molecular weight is 379 g/mol. The zero-order valence-electron chi connectivity index (χ0n) is 15.5. The molecule has 144 valence electrons. The lowest BCUT2D eigenvalue weighted by Crippen LogP contribution is -2.29. The number of ether oxygens (including phenoxy) is 3. The van der Waals surface area contributed by atoms with Crippen LogP contribution in [-0.2, 0) is 20.9 Å². The van der Waals surface area contributed by atoms with Crippen molar-refractivity contribution < 1.29 is 23.8 Å². The van der Waals surface area contributed by atoms with Crippen LogP contribution in [0.3, 0.4) is 0 Å². The molecular formula is C22H21NO5. The van der Waals surface area contributed by atoms with E-state index in [1.165, 1.54) is 0 Å². The molecule has 0 heterocycles. The number of amides is 1. The quantitative estimate of drug-likeness (QED) is 0.609. The van der Waals surface area contributed by atoms with Crippen molar-refractivity contribution in [2.24, 2.45) is 0 Å². The predicted octanol–water partition coefficient (Wildman–Crippen LogP) is 3.09. The van der Waals surface area contributed by atoms with Crippen LogP contribution in [0.2, 0.25) is 0 Å². The normalized spacial score (nSPS) is 10.3. The van der Waals surface area contributed by atoms with Crippen molar-refractivity contribution in [1.82, 2.24) is 5.32 Å². The molecule has 28 heavy (non-hydrogen) atoms. The van der Waals surface area contributed by atoms with E-state index in [0.29, 0.717) is 11.5 Å². The summed E-state index contributed by atoms with van der Waals surface area (Å²) in [5.74, 6) is 0.241. The first-order valence-corrected chi connectivity index (χ1v) is 8.81. The Balaban J connectivity index is 1.41. The number of carbonyl (C=O) groups is 2. The molecule has 0 spiro atoms. The van der Waals surface area contributed by atoms with Crippen LogP contribution >= 0.6 is 0 Å². The first-order chi connectivity index (χ1) is 13.7. The number of benzene rings is 3. The van der Waals surface area contributed by atoms with E-state index in [-0.39, 0.29) is 19.8 Å². The van der Waals surface area contributed by atoms with Gasteiger partial charge in [-0.1, -0.05) is 48.5 Å². The van der Waals surface area contributed by atoms with Crippen molar-refractivity contribution in [3.63, 3.8) is 0 Å². The van der Waals surface area contributed by atoms with Gasteiger partial charge in [-0.15, -0.1) is 0 Å². The minimum absolute atomic E-state index is 0.266. The maximum Gasteiger partial charge on any atom is 0.344 e. The fourth-order valence-corrected chi connectivity index (χ4v) is 2.68. The highest BCUT2D eigenvalue weighted by Gasteiger charge is 2.10. The monoisotopic (exact) mass is 379 g/mol. The second-order valence-corrected chi connectivity index (χ2v) is 6.05. The third kappa shape index (κ3) is 5.23. The average Bonchev–Trinajstić information content (AvgIpc) is 2.74. The molecule has 6 nitrogen and oxygen atoms in total. The van der Waals surface area contributed by atoms with E-state index in [0.717, 1.165) is 16.3 Å². The van der Waals surface area contributed by atoms with Gasteiger partial charge >= 0.3 is 5.97 Å². The minimum atomic E-state index is -0.611. The van der Waals surface area contributed by atoms with E-state index in [4.69, 9.17) is 14.2 Å². The number of nitrogens with one attached hydrogen (secondary N) is 1. The maximum atomic E-state index is 11.9. The van der Waals surface area contributed by atoms with Crippen molar-refractivity contribution in [3.05, 3.63) is 72.3 Å². The lowest BCUT2D eigenvalue weighted by Gasteiger charge is -2.10. The van der Waals surface area contributed by atoms with E-state index in [1.807, 2.05) is 60.7 Å². The molecule has 3 rings (SSSR count). The molecule has 0 radical (unpaired) electrons. The number of carbonyl (C=O) groups excluding carboxylic acids is 2. The van der Waals surface area contributed by atoms with Crippen molar-refractivity contribution in [3.8, 4) is 11.5 Å². The van der Waals surface area contributed by atoms with E-state index in [2.05, 4.69) is 5.32 Å². The Morgan fingerprint density at radius 1 is 0.893 bits per heavy atom. The van der Waals surface area contributed by atoms with Crippen molar-refractivity contribution >= 4 is 22.6 Å². The van der Waals surface area contributed by atoms with E-state index >= 15 is 0 Å². The van der Waals surface area contributed by atoms with Gasteiger partial charge in [-0.2, -0.15) is 0 Å². The Bertz CT molecular complexity index is 970. The van der Waals surface area contributed by atoms with Crippen LogP contribution in [0.25, 0.3) is 10.8 Å². The summed E-state index contributed by atoms with van der Waals surface area (Å²) in [6.07, 6.45) is 0. The van der Waals surface area contributed by atoms with Crippen LogP contribution in [0.5, 0.6) is 11.5 Å². The highest BCUT2D eigenvalue weighted by Crippen LogP contribution is 2.20. The summed E-state index contributed by atoms with van der Waals surface area (Å²) in [6, 6.07) is 20.8. The highest BCUT2D eigenvalue weighted by molar-refractivity contribution is 5.84. The number of para-hydroxylation sites is 1. The molecule has 0 unspecified atom stereocenters. The summed E-state index contributed by atoms with van der Waals surface area (Å²) in [5, 5.41) is 4.79. The van der Waals surface area contributed by atoms with Crippen LogP contribution in [0.15, 0.2) is 66.7 Å². The van der Waals surface area contributed by atoms with Crippen molar-refractivity contribution in [2.45, 2.75) is 6.54 Å². The second kappa shape index (κ2) is 9.41. The van der Waals surface area contributed by atoms with Gasteiger partial charge in [-0.05, 0) is 29.0 Å². The van der Waals surface area contributed by atoms with Gasteiger partial charge in [0.2, 0.25) is 0 Å². The number of hydrogen-bond acceptors (Lipinski definition) is 5. The number of rotatable bonds is 8. The summed E-state index contributed by atoms with van der Waals surface area (Å²) in [5.41, 5.74) is 0.837. The lowest BCUT2D eigenvalue weighted by molar-refractivity contribution is -0.150. The summed E-state index contributed by atoms with van der Waals surface area (Å²) in [6.45, 7) is -0.346. The fourth-order valence-electron chi connectivity index (χ4n) is 2.68. The smallest absolute Gasteiger partial charge is 0.344 e. The lowest BCUT2D eigenvalue weighted by atomic mass is 10.1. The first-order valence-electron chi connectivity index (χ1n) is 8.81. The summed E-state index contributed by atoms with van der Waals surface area (Å²) in [4.78, 5) is 23.7. The van der Waals surface area contributed by atoms with Crippen LogP contribution in [0.4, 0.5) is 0 Å². The number of methoxy groups -OCH3 is 1. The summed E-state index contributed by atoms with van der Waals surface area (Å²) in [7, 11) is 1.57. The van der Waals surface area contributed by atoms with Crippen molar-refractivity contribution in [2.75, 3.05) is 20.3 Å². The molecule has 0 atom stereocenters. The maximum absolute atomic E-state index is 11.9. The molecule has 1 amide bonds. The fraction of sp³-hybridized carbons (Fsp3) is 0.182. The SMILES string of the molecule is COc1ccccc1CNC(=O)COC(=O)COc1ccc2ccccc2c1. The largest absolute Gasteiger partial charge is 0.496 e. The van der Waals surface area contributed by atoms with Gasteiger partial charge in [0.25, 0.3) is 5.91 Å². The molecule has 6 heteroatoms. The molecule has 1 N–H and O–H groups in total. The van der Waals surface area contributed by atoms with E-state index in [9.17, 15) is 9.59 Å². The van der Waals surface area contributed by atoms with Gasteiger partial charge in [0.05, 0.1) is 7.11 Å². The third-order valence-corrected chi connectivity index (χ3v) is 4.11. The van der Waals surface area contributed by atoms with Gasteiger partial charge in [0.1, 0.15) is 11.5 Å². The zero-order chi connectivity index (χ0) is 19.8. The summed E-state index contributed by atoms with van der Waals surface area (Å²) < 4.78 is 15.6. The molecule has 0 bridgehead atoms. The highest BCUT2D eigenvalue weighted by atomic mass is 16.6. The first kappa shape index (κ1) is 19.2. The topological polar surface area (TPSA) is 73.9 Å². The zero-order valence-corrected chi connectivity index (χ0v) is 15.5. The second-order valence-electron chi connectivity index (χ2n) is 6.05. The Kier molecular flexibility index (Phi) is 6.46. The molecule has 0 saturated heterocycles. The van der Waals surface area contributed by atoms with Crippen LogP contribution < -0.4 is 14.8 Å². The van der Waals surface area contributed by atoms with Crippen LogP contribution in [0.1, 0.15) is 5.56 Å². The van der Waals surface area contributed by atoms with Gasteiger partial charge in [0.15, 0.2) is 13.2 Å². The molecule has 0 aliphatic heterocycles. The van der Waals surface area contributed by atoms with Gasteiger partial charge in [0, 0.05) is 12.1 Å². The van der Waals surface area contributed by atoms with E-state index < -0.39 is 11.9 Å². The molecule has 0 saturated carbocycles. The van der Waals surface area contributed by atoms with Crippen LogP contribution in [-0.4, -0.2) is 32.2 Å². The number of hydrogen-bond donors (Lipinski definition) is 1. The standard InChI is InChI=1S/C22H21NO5/c1-26-20-9-5-4-8-18(20)13-23-21(24)14-28-22(25)15-27-19-11-10-16-6-2-3-7-17(16)12-19/h2-12H,13-15H2,1H3,(H,23,24). The van der Waals surface area contributed by atoms with Gasteiger partial charge in [-0.3, -0.25) is 4.79 Å². The van der Waals surface area contributed by atoms with Gasteiger partial charge in [-0.25, -0.2) is 4.79 Å². The minimum Gasteiger partial charge on any atom is -0.496 e. The number of esters is 1.